The maximum absolute atomic E-state index is 12.1. The summed E-state index contributed by atoms with van der Waals surface area (Å²) in [5.74, 6) is -2.01. The lowest BCUT2D eigenvalue weighted by atomic mass is 10.2. The van der Waals surface area contributed by atoms with Gasteiger partial charge in [-0.05, 0) is 24.6 Å². The smallest absolute Gasteiger partial charge is 0.321 e. The minimum atomic E-state index is -4.09. The average Bonchev–Trinajstić information content (AvgIpc) is 2.43. The first-order chi connectivity index (χ1) is 9.72. The summed E-state index contributed by atoms with van der Waals surface area (Å²) in [6.45, 7) is 1.53. The Kier molecular flexibility index (Phi) is 5.28. The van der Waals surface area contributed by atoms with Crippen LogP contribution in [0.15, 0.2) is 23.1 Å². The highest BCUT2D eigenvalue weighted by molar-refractivity contribution is 7.89. The zero-order valence-corrected chi connectivity index (χ0v) is 12.3. The molecule has 1 aromatic rings. The van der Waals surface area contributed by atoms with Crippen LogP contribution >= 0.6 is 0 Å². The number of benzene rings is 1. The topological polar surface area (TPSA) is 136 Å². The summed E-state index contributed by atoms with van der Waals surface area (Å²) in [5.41, 5.74) is 5.04. The number of amides is 1. The number of nitrogens with two attached hydrogens (primary N) is 1. The zero-order valence-electron chi connectivity index (χ0n) is 11.5. The molecule has 0 aliphatic carbocycles. The van der Waals surface area contributed by atoms with Crippen molar-refractivity contribution in [1.82, 2.24) is 4.72 Å². The van der Waals surface area contributed by atoms with Crippen molar-refractivity contribution in [2.24, 2.45) is 5.73 Å². The van der Waals surface area contributed by atoms with Gasteiger partial charge >= 0.3 is 5.97 Å². The number of nitrogens with one attached hydrogen (secondary N) is 1. The number of primary amides is 1. The molecule has 0 aliphatic heterocycles. The quantitative estimate of drug-likeness (QED) is 0.644. The molecule has 0 radical (unpaired) electrons. The molecule has 0 unspecified atom stereocenters. The molecule has 0 fully saturated rings. The van der Waals surface area contributed by atoms with Crippen molar-refractivity contribution in [3.8, 4) is 5.75 Å². The first kappa shape index (κ1) is 16.9. The van der Waals surface area contributed by atoms with Crippen LogP contribution in [0, 0.1) is 0 Å². The fraction of sp³-hybridized carbons (Fsp3) is 0.333. The number of rotatable bonds is 7. The van der Waals surface area contributed by atoms with Crippen LogP contribution in [0.5, 0.6) is 5.75 Å². The van der Waals surface area contributed by atoms with Gasteiger partial charge in [-0.15, -0.1) is 0 Å². The van der Waals surface area contributed by atoms with Crippen LogP contribution in [0.4, 0.5) is 0 Å². The molecule has 0 aromatic heterocycles. The lowest BCUT2D eigenvalue weighted by Crippen LogP contribution is -2.40. The standard InChI is InChI=1S/C12H16N2O6S/c1-3-9(12(16)17)14-21(18,19)7-4-5-10(20-2)8(6-7)11(13)15/h4-6,9,14H,3H2,1-2H3,(H2,13,15)(H,16,17)/t9-/m1/s1. The Labute approximate surface area is 122 Å². The normalized spacial score (nSPS) is 12.7. The molecule has 1 amide bonds. The van der Waals surface area contributed by atoms with E-state index in [0.29, 0.717) is 0 Å². The molecule has 0 saturated carbocycles. The van der Waals surface area contributed by atoms with Gasteiger partial charge in [0.2, 0.25) is 10.0 Å². The molecule has 116 valence electrons. The fourth-order valence-corrected chi connectivity index (χ4v) is 2.91. The zero-order chi connectivity index (χ0) is 16.2. The van der Waals surface area contributed by atoms with Crippen molar-refractivity contribution in [2.75, 3.05) is 7.11 Å². The summed E-state index contributed by atoms with van der Waals surface area (Å²) >= 11 is 0. The molecule has 21 heavy (non-hydrogen) atoms. The maximum atomic E-state index is 12.1. The highest BCUT2D eigenvalue weighted by Gasteiger charge is 2.25. The van der Waals surface area contributed by atoms with Gasteiger partial charge in [0, 0.05) is 0 Å². The number of hydrogen-bond acceptors (Lipinski definition) is 5. The third kappa shape index (κ3) is 3.92. The minimum absolute atomic E-state index is 0.0768. The van der Waals surface area contributed by atoms with Gasteiger partial charge in [0.05, 0.1) is 17.6 Å². The van der Waals surface area contributed by atoms with Crippen LogP contribution in [0.1, 0.15) is 23.7 Å². The maximum Gasteiger partial charge on any atom is 0.321 e. The van der Waals surface area contributed by atoms with Crippen LogP contribution in [-0.4, -0.2) is 38.6 Å². The molecule has 0 saturated heterocycles. The first-order valence-corrected chi connectivity index (χ1v) is 7.44. The molecular formula is C12H16N2O6S. The van der Waals surface area contributed by atoms with E-state index < -0.39 is 27.9 Å². The third-order valence-corrected chi connectivity index (χ3v) is 4.22. The van der Waals surface area contributed by atoms with Crippen molar-refractivity contribution >= 4 is 21.9 Å². The van der Waals surface area contributed by atoms with Crippen molar-refractivity contribution in [3.63, 3.8) is 0 Å². The van der Waals surface area contributed by atoms with Gasteiger partial charge in [-0.2, -0.15) is 4.72 Å². The summed E-state index contributed by atoms with van der Waals surface area (Å²) in [6.07, 6.45) is 0.0768. The number of carbonyl (C=O) groups excluding carboxylic acids is 1. The van der Waals surface area contributed by atoms with Crippen LogP contribution in [0.3, 0.4) is 0 Å². The van der Waals surface area contributed by atoms with Gasteiger partial charge in [0.1, 0.15) is 11.8 Å². The Morgan fingerprint density at radius 3 is 2.48 bits per heavy atom. The number of carboxylic acid groups (broad SMARTS) is 1. The molecule has 0 aliphatic rings. The van der Waals surface area contributed by atoms with Crippen molar-refractivity contribution in [1.29, 1.82) is 0 Å². The van der Waals surface area contributed by atoms with Crippen molar-refractivity contribution in [2.45, 2.75) is 24.3 Å². The highest BCUT2D eigenvalue weighted by atomic mass is 32.2. The lowest BCUT2D eigenvalue weighted by molar-refractivity contribution is -0.139. The van der Waals surface area contributed by atoms with E-state index in [1.165, 1.54) is 26.2 Å². The predicted octanol–water partition coefficient (Wildman–Crippen LogP) is -0.0644. The second kappa shape index (κ2) is 6.55. The summed E-state index contributed by atoms with van der Waals surface area (Å²) in [4.78, 5) is 21.9. The molecule has 9 heteroatoms. The number of aliphatic carboxylic acids is 1. The largest absolute Gasteiger partial charge is 0.496 e. The molecule has 0 spiro atoms. The van der Waals surface area contributed by atoms with E-state index in [1.54, 1.807) is 0 Å². The Balaban J connectivity index is 3.23. The molecule has 1 atom stereocenters. The number of carbonyl (C=O) groups is 2. The van der Waals surface area contributed by atoms with E-state index in [1.807, 2.05) is 4.72 Å². The van der Waals surface area contributed by atoms with Gasteiger partial charge < -0.3 is 15.6 Å². The van der Waals surface area contributed by atoms with E-state index >= 15 is 0 Å². The van der Waals surface area contributed by atoms with E-state index in [9.17, 15) is 18.0 Å². The Hall–Kier alpha value is -2.13. The summed E-state index contributed by atoms with van der Waals surface area (Å²) in [6, 6.07) is 2.26. The molecule has 1 aromatic carbocycles. The van der Waals surface area contributed by atoms with Crippen LogP contribution in [-0.2, 0) is 14.8 Å². The van der Waals surface area contributed by atoms with E-state index in [4.69, 9.17) is 15.6 Å². The Bertz CT molecular complexity index is 656. The van der Waals surface area contributed by atoms with E-state index in [-0.39, 0.29) is 22.6 Å². The van der Waals surface area contributed by atoms with Crippen LogP contribution in [0.2, 0.25) is 0 Å². The summed E-state index contributed by atoms with van der Waals surface area (Å²) in [5, 5.41) is 8.89. The van der Waals surface area contributed by atoms with Gasteiger partial charge in [0.15, 0.2) is 0 Å². The molecule has 0 heterocycles. The predicted molar refractivity (Wildman–Crippen MR) is 73.5 cm³/mol. The Morgan fingerprint density at radius 2 is 2.05 bits per heavy atom. The first-order valence-electron chi connectivity index (χ1n) is 5.96. The number of sulfonamides is 1. The van der Waals surface area contributed by atoms with E-state index in [0.717, 1.165) is 6.07 Å². The second-order valence-electron chi connectivity index (χ2n) is 4.15. The molecular weight excluding hydrogens is 300 g/mol. The monoisotopic (exact) mass is 316 g/mol. The fourth-order valence-electron chi connectivity index (χ4n) is 1.61. The number of methoxy groups -OCH3 is 1. The van der Waals surface area contributed by atoms with E-state index in [2.05, 4.69) is 0 Å². The Morgan fingerprint density at radius 1 is 1.43 bits per heavy atom. The van der Waals surface area contributed by atoms with Crippen LogP contribution < -0.4 is 15.2 Å². The molecule has 1 rings (SSSR count). The second-order valence-corrected chi connectivity index (χ2v) is 5.86. The summed E-state index contributed by atoms with van der Waals surface area (Å²) in [7, 11) is -2.78. The molecule has 8 nitrogen and oxygen atoms in total. The van der Waals surface area contributed by atoms with Gasteiger partial charge in [-0.1, -0.05) is 6.92 Å². The van der Waals surface area contributed by atoms with Gasteiger partial charge in [-0.3, -0.25) is 9.59 Å². The minimum Gasteiger partial charge on any atom is -0.496 e. The lowest BCUT2D eigenvalue weighted by Gasteiger charge is -2.14. The SMILES string of the molecule is CC[C@@H](NS(=O)(=O)c1ccc(OC)c(C(N)=O)c1)C(=O)O. The third-order valence-electron chi connectivity index (χ3n) is 2.75. The van der Waals surface area contributed by atoms with Crippen LogP contribution in [0.25, 0.3) is 0 Å². The highest BCUT2D eigenvalue weighted by Crippen LogP contribution is 2.22. The van der Waals surface area contributed by atoms with Gasteiger partial charge in [0.25, 0.3) is 5.91 Å². The van der Waals surface area contributed by atoms with Crippen molar-refractivity contribution in [3.05, 3.63) is 23.8 Å². The van der Waals surface area contributed by atoms with Gasteiger partial charge in [-0.25, -0.2) is 8.42 Å². The number of hydrogen-bond donors (Lipinski definition) is 3. The molecule has 4 N–H and O–H groups in total. The summed E-state index contributed by atoms with van der Waals surface area (Å²) < 4.78 is 31.2. The average molecular weight is 316 g/mol. The van der Waals surface area contributed by atoms with Crippen molar-refractivity contribution < 1.29 is 27.9 Å². The number of ether oxygens (including phenoxy) is 1. The number of carboxylic acids is 1. The molecule has 0 bridgehead atoms.